The number of benzene rings is 1. The summed E-state index contributed by atoms with van der Waals surface area (Å²) in [6.07, 6.45) is 0.757. The molecule has 1 aromatic heterocycles. The zero-order valence-electron chi connectivity index (χ0n) is 17.0. The highest BCUT2D eigenvalue weighted by molar-refractivity contribution is 7.89. The van der Waals surface area contributed by atoms with Gasteiger partial charge in [0.15, 0.2) is 0 Å². The Hall–Kier alpha value is -1.74. The minimum absolute atomic E-state index is 0.0572. The summed E-state index contributed by atoms with van der Waals surface area (Å²) in [6, 6.07) is 11.8. The predicted molar refractivity (Wildman–Crippen MR) is 118 cm³/mol. The van der Waals surface area contributed by atoms with Crippen LogP contribution in [0.1, 0.15) is 34.6 Å². The lowest BCUT2D eigenvalue weighted by atomic mass is 10.0. The van der Waals surface area contributed by atoms with Crippen molar-refractivity contribution < 1.29 is 13.2 Å². The first-order valence-electron chi connectivity index (χ1n) is 9.97. The van der Waals surface area contributed by atoms with Crippen LogP contribution in [0.15, 0.2) is 41.8 Å². The molecule has 1 saturated heterocycles. The zero-order valence-corrected chi connectivity index (χ0v) is 18.6. The van der Waals surface area contributed by atoms with Gasteiger partial charge < -0.3 is 5.32 Å². The van der Waals surface area contributed by atoms with Crippen molar-refractivity contribution in [2.24, 2.45) is 0 Å². The lowest BCUT2D eigenvalue weighted by Crippen LogP contribution is -2.51. The van der Waals surface area contributed by atoms with Crippen LogP contribution in [0.25, 0.3) is 0 Å². The Labute approximate surface area is 177 Å². The van der Waals surface area contributed by atoms with Gasteiger partial charge in [-0.1, -0.05) is 24.3 Å². The lowest BCUT2D eigenvalue weighted by Gasteiger charge is -2.34. The average molecular weight is 436 g/mol. The first-order chi connectivity index (χ1) is 13.9. The number of hydrogen-bond acceptors (Lipinski definition) is 5. The van der Waals surface area contributed by atoms with Crippen LogP contribution in [-0.2, 0) is 16.4 Å². The molecule has 29 heavy (non-hydrogen) atoms. The molecule has 2 aromatic rings. The molecule has 1 N–H and O–H groups in total. The standard InChI is InChI=1S/C21H29N3O3S2/c1-17(2)29(26,27)24-13-11-23(12-14-24)10-9-22-21(25)20-8-4-3-6-18(20)16-19-7-5-15-28-19/h3-8,15,17H,9-14,16H2,1-2H3,(H,22,25). The number of nitrogens with one attached hydrogen (secondary N) is 1. The maximum Gasteiger partial charge on any atom is 0.251 e. The largest absolute Gasteiger partial charge is 0.351 e. The van der Waals surface area contributed by atoms with Gasteiger partial charge in [0.05, 0.1) is 5.25 Å². The van der Waals surface area contributed by atoms with Crippen LogP contribution < -0.4 is 5.32 Å². The first-order valence-corrected chi connectivity index (χ1v) is 12.4. The van der Waals surface area contributed by atoms with Crippen molar-refractivity contribution in [2.45, 2.75) is 25.5 Å². The number of hydrogen-bond donors (Lipinski definition) is 1. The lowest BCUT2D eigenvalue weighted by molar-refractivity contribution is 0.0944. The quantitative estimate of drug-likeness (QED) is 0.691. The number of amides is 1. The van der Waals surface area contributed by atoms with Gasteiger partial charge in [0.1, 0.15) is 0 Å². The molecule has 0 saturated carbocycles. The molecule has 0 bridgehead atoms. The van der Waals surface area contributed by atoms with Crippen molar-refractivity contribution in [1.29, 1.82) is 0 Å². The van der Waals surface area contributed by atoms with Gasteiger partial charge in [-0.3, -0.25) is 9.69 Å². The van der Waals surface area contributed by atoms with E-state index in [1.807, 2.05) is 35.7 Å². The Balaban J connectivity index is 1.48. The number of rotatable bonds is 8. The Morgan fingerprint density at radius 1 is 1.10 bits per heavy atom. The molecule has 1 aliphatic heterocycles. The monoisotopic (exact) mass is 435 g/mol. The van der Waals surface area contributed by atoms with E-state index < -0.39 is 10.0 Å². The fourth-order valence-electron chi connectivity index (χ4n) is 3.43. The summed E-state index contributed by atoms with van der Waals surface area (Å²) in [5, 5.41) is 4.68. The van der Waals surface area contributed by atoms with Crippen molar-refractivity contribution in [2.75, 3.05) is 39.3 Å². The third-order valence-corrected chi connectivity index (χ3v) is 8.36. The van der Waals surface area contributed by atoms with Crippen molar-refractivity contribution in [3.63, 3.8) is 0 Å². The van der Waals surface area contributed by atoms with Gasteiger partial charge in [-0.2, -0.15) is 4.31 Å². The molecule has 1 aliphatic rings. The minimum Gasteiger partial charge on any atom is -0.351 e. The highest BCUT2D eigenvalue weighted by Gasteiger charge is 2.29. The molecule has 0 atom stereocenters. The van der Waals surface area contributed by atoms with E-state index >= 15 is 0 Å². The number of carbonyl (C=O) groups excluding carboxylic acids is 1. The molecule has 8 heteroatoms. The second-order valence-electron chi connectivity index (χ2n) is 7.50. The molecule has 3 rings (SSSR count). The van der Waals surface area contributed by atoms with Gasteiger partial charge in [0.25, 0.3) is 5.91 Å². The summed E-state index contributed by atoms with van der Waals surface area (Å²) in [6.45, 7) is 7.10. The van der Waals surface area contributed by atoms with Gasteiger partial charge >= 0.3 is 0 Å². The fraction of sp³-hybridized carbons (Fsp3) is 0.476. The molecule has 2 heterocycles. The van der Waals surface area contributed by atoms with E-state index in [0.717, 1.165) is 12.0 Å². The van der Waals surface area contributed by atoms with E-state index in [4.69, 9.17) is 0 Å². The molecule has 6 nitrogen and oxygen atoms in total. The number of thiophene rings is 1. The van der Waals surface area contributed by atoms with Crippen molar-refractivity contribution in [1.82, 2.24) is 14.5 Å². The summed E-state index contributed by atoms with van der Waals surface area (Å²) in [4.78, 5) is 16.1. The summed E-state index contributed by atoms with van der Waals surface area (Å²) in [7, 11) is -3.18. The van der Waals surface area contributed by atoms with Crippen LogP contribution in [0.5, 0.6) is 0 Å². The Bertz CT molecular complexity index is 903. The highest BCUT2D eigenvalue weighted by Crippen LogP contribution is 2.18. The number of piperazine rings is 1. The average Bonchev–Trinajstić information content (AvgIpc) is 3.21. The van der Waals surface area contributed by atoms with E-state index in [-0.39, 0.29) is 11.2 Å². The Morgan fingerprint density at radius 2 is 1.83 bits per heavy atom. The summed E-state index contributed by atoms with van der Waals surface area (Å²) >= 11 is 1.69. The predicted octanol–water partition coefficient (Wildman–Crippen LogP) is 2.42. The molecule has 0 spiro atoms. The summed E-state index contributed by atoms with van der Waals surface area (Å²) in [5.74, 6) is -0.0572. The Morgan fingerprint density at radius 3 is 2.48 bits per heavy atom. The topological polar surface area (TPSA) is 69.7 Å². The van der Waals surface area contributed by atoms with Gasteiger partial charge in [-0.25, -0.2) is 8.42 Å². The number of carbonyl (C=O) groups is 1. The van der Waals surface area contributed by atoms with E-state index in [0.29, 0.717) is 44.8 Å². The third kappa shape index (κ3) is 5.66. The molecule has 158 valence electrons. The third-order valence-electron chi connectivity index (χ3n) is 5.21. The van der Waals surface area contributed by atoms with Crippen LogP contribution in [0, 0.1) is 0 Å². The van der Waals surface area contributed by atoms with E-state index in [1.165, 1.54) is 4.88 Å². The second kappa shape index (κ2) is 9.84. The van der Waals surface area contributed by atoms with Gasteiger partial charge in [0, 0.05) is 56.1 Å². The molecule has 0 radical (unpaired) electrons. The van der Waals surface area contributed by atoms with Crippen LogP contribution in [0.3, 0.4) is 0 Å². The molecular weight excluding hydrogens is 406 g/mol. The maximum absolute atomic E-state index is 12.7. The molecule has 1 fully saturated rings. The maximum atomic E-state index is 12.7. The van der Waals surface area contributed by atoms with Gasteiger partial charge in [-0.05, 0) is 36.9 Å². The molecule has 0 unspecified atom stereocenters. The van der Waals surface area contributed by atoms with Crippen molar-refractivity contribution in [3.8, 4) is 0 Å². The Kier molecular flexibility index (Phi) is 7.45. The van der Waals surface area contributed by atoms with Gasteiger partial charge in [-0.15, -0.1) is 11.3 Å². The van der Waals surface area contributed by atoms with E-state index in [1.54, 1.807) is 29.5 Å². The van der Waals surface area contributed by atoms with Crippen molar-refractivity contribution >= 4 is 27.3 Å². The SMILES string of the molecule is CC(C)S(=O)(=O)N1CCN(CCNC(=O)c2ccccc2Cc2cccs2)CC1. The summed E-state index contributed by atoms with van der Waals surface area (Å²) in [5.41, 5.74) is 1.74. The van der Waals surface area contributed by atoms with Gasteiger partial charge in [0.2, 0.25) is 10.0 Å². The number of sulfonamides is 1. The number of nitrogens with zero attached hydrogens (tertiary/aromatic N) is 2. The van der Waals surface area contributed by atoms with Crippen LogP contribution >= 0.6 is 11.3 Å². The van der Waals surface area contributed by atoms with E-state index in [9.17, 15) is 13.2 Å². The summed E-state index contributed by atoms with van der Waals surface area (Å²) < 4.78 is 26.1. The van der Waals surface area contributed by atoms with Crippen molar-refractivity contribution in [3.05, 3.63) is 57.8 Å². The van der Waals surface area contributed by atoms with Crippen LogP contribution in [0.4, 0.5) is 0 Å². The van der Waals surface area contributed by atoms with Crippen LogP contribution in [0.2, 0.25) is 0 Å². The molecule has 0 aliphatic carbocycles. The van der Waals surface area contributed by atoms with E-state index in [2.05, 4.69) is 16.3 Å². The molecule has 1 amide bonds. The normalized spacial score (nSPS) is 16.2. The smallest absolute Gasteiger partial charge is 0.251 e. The molecule has 1 aromatic carbocycles. The second-order valence-corrected chi connectivity index (χ2v) is 11.0. The first kappa shape index (κ1) is 22.0. The highest BCUT2D eigenvalue weighted by atomic mass is 32.2. The fourth-order valence-corrected chi connectivity index (χ4v) is 5.42. The zero-order chi connectivity index (χ0) is 20.9. The molecular formula is C21H29N3O3S2. The van der Waals surface area contributed by atoms with Crippen LogP contribution in [-0.4, -0.2) is 68.0 Å². The minimum atomic E-state index is -3.18.